The van der Waals surface area contributed by atoms with Gasteiger partial charge in [0.25, 0.3) is 5.91 Å². The molecule has 0 atom stereocenters. The average Bonchev–Trinajstić information content (AvgIpc) is 3.38. The molecule has 226 valence electrons. The minimum Gasteiger partial charge on any atom is -0.473 e. The summed E-state index contributed by atoms with van der Waals surface area (Å²) in [5, 5.41) is 4.78. The summed E-state index contributed by atoms with van der Waals surface area (Å²) in [7, 11) is -2.31. The van der Waals surface area contributed by atoms with Gasteiger partial charge >= 0.3 is 0 Å². The van der Waals surface area contributed by atoms with Gasteiger partial charge in [-0.05, 0) is 66.2 Å². The van der Waals surface area contributed by atoms with E-state index in [-0.39, 0.29) is 10.9 Å². The van der Waals surface area contributed by atoms with Crippen molar-refractivity contribution in [3.8, 4) is 28.3 Å². The first kappa shape index (κ1) is 30.6. The summed E-state index contributed by atoms with van der Waals surface area (Å²) >= 11 is 0. The number of carbonyl (C=O) groups excluding carboxylic acids is 1. The van der Waals surface area contributed by atoms with Crippen molar-refractivity contribution >= 4 is 14.2 Å². The van der Waals surface area contributed by atoms with Gasteiger partial charge in [-0.2, -0.15) is 5.10 Å². The fraction of sp³-hybridized carbons (Fsp3) is 0.412. The van der Waals surface area contributed by atoms with Crippen LogP contribution < -0.4 is 4.74 Å². The third-order valence-corrected chi connectivity index (χ3v) is 12.5. The van der Waals surface area contributed by atoms with E-state index < -0.39 is 8.32 Å². The first-order chi connectivity index (χ1) is 20.4. The van der Waals surface area contributed by atoms with E-state index in [1.165, 1.54) is 5.56 Å². The van der Waals surface area contributed by atoms with Crippen molar-refractivity contribution in [3.63, 3.8) is 0 Å². The van der Waals surface area contributed by atoms with Crippen LogP contribution in [0.5, 0.6) is 5.88 Å². The zero-order chi connectivity index (χ0) is 30.8. The van der Waals surface area contributed by atoms with Crippen molar-refractivity contribution in [2.24, 2.45) is 0 Å². The summed E-state index contributed by atoms with van der Waals surface area (Å²) in [6.07, 6.45) is 6.95. The highest BCUT2D eigenvalue weighted by Gasteiger charge is 2.38. The molecule has 1 N–H and O–H groups in total. The lowest BCUT2D eigenvalue weighted by molar-refractivity contribution is 0.0694. The van der Waals surface area contributed by atoms with E-state index >= 15 is 0 Å². The lowest BCUT2D eigenvalue weighted by Crippen LogP contribution is -2.42. The zero-order valence-corrected chi connectivity index (χ0v) is 27.2. The van der Waals surface area contributed by atoms with Crippen LogP contribution in [0.25, 0.3) is 22.4 Å². The van der Waals surface area contributed by atoms with Crippen molar-refractivity contribution in [2.45, 2.75) is 77.7 Å². The molecule has 5 rings (SSSR count). The summed E-state index contributed by atoms with van der Waals surface area (Å²) in [6, 6.07) is 16.1. The normalized spacial score (nSPS) is 13.9. The standard InChI is InChI=1S/C34H43N5O3Si/c1-24(2)26-10-8-25(9-11-26)23-42-29-13-12-28(22-36-29)30-31(27-14-17-35-18-15-27)37-39-21-20-38(33(40)32(30)39)19-7-16-34(3,4)43(5,6)41/h8-15,17-18,22,24,41H,7,16,19-21,23H2,1-6H3. The number of ether oxygens (including phenoxy) is 1. The third-order valence-electron chi connectivity index (χ3n) is 8.92. The highest BCUT2D eigenvalue weighted by atomic mass is 28.4. The van der Waals surface area contributed by atoms with Crippen LogP contribution in [0.2, 0.25) is 18.1 Å². The van der Waals surface area contributed by atoms with Crippen LogP contribution in [0.4, 0.5) is 0 Å². The van der Waals surface area contributed by atoms with Crippen molar-refractivity contribution in [1.82, 2.24) is 24.6 Å². The largest absolute Gasteiger partial charge is 0.473 e. The molecule has 4 aromatic rings. The van der Waals surface area contributed by atoms with E-state index in [9.17, 15) is 9.59 Å². The van der Waals surface area contributed by atoms with Crippen molar-refractivity contribution in [3.05, 3.63) is 83.9 Å². The van der Waals surface area contributed by atoms with E-state index in [0.717, 1.165) is 40.8 Å². The number of fused-ring (bicyclic) bond motifs is 1. The minimum atomic E-state index is -2.31. The summed E-state index contributed by atoms with van der Waals surface area (Å²) in [6.45, 7) is 14.9. The lowest BCUT2D eigenvalue weighted by Gasteiger charge is -2.36. The van der Waals surface area contributed by atoms with Crippen molar-refractivity contribution < 1.29 is 14.3 Å². The quantitative estimate of drug-likeness (QED) is 0.189. The topological polar surface area (TPSA) is 93.4 Å². The van der Waals surface area contributed by atoms with E-state index in [1.54, 1.807) is 18.6 Å². The molecule has 1 amide bonds. The van der Waals surface area contributed by atoms with E-state index in [1.807, 2.05) is 46.9 Å². The monoisotopic (exact) mass is 597 g/mol. The van der Waals surface area contributed by atoms with Crippen molar-refractivity contribution in [2.75, 3.05) is 13.1 Å². The molecule has 43 heavy (non-hydrogen) atoms. The van der Waals surface area contributed by atoms with Crippen LogP contribution in [0.3, 0.4) is 0 Å². The number of benzene rings is 1. The van der Waals surface area contributed by atoms with Gasteiger partial charge in [0.15, 0.2) is 8.32 Å². The fourth-order valence-corrected chi connectivity index (χ4v) is 6.08. The van der Waals surface area contributed by atoms with Gasteiger partial charge < -0.3 is 14.4 Å². The molecule has 0 spiro atoms. The fourth-order valence-electron chi connectivity index (χ4n) is 5.29. The van der Waals surface area contributed by atoms with Gasteiger partial charge in [-0.3, -0.25) is 14.5 Å². The van der Waals surface area contributed by atoms with Gasteiger partial charge in [-0.25, -0.2) is 4.98 Å². The van der Waals surface area contributed by atoms with Gasteiger partial charge in [-0.15, -0.1) is 0 Å². The molecular weight excluding hydrogens is 554 g/mol. The molecular formula is C34H43N5O3Si. The average molecular weight is 598 g/mol. The van der Waals surface area contributed by atoms with Crippen LogP contribution in [0.1, 0.15) is 68.1 Å². The summed E-state index contributed by atoms with van der Waals surface area (Å²) in [5.41, 5.74) is 6.18. The molecule has 1 aromatic carbocycles. The second kappa shape index (κ2) is 12.4. The second-order valence-corrected chi connectivity index (χ2v) is 17.4. The summed E-state index contributed by atoms with van der Waals surface area (Å²) < 4.78 is 7.83. The number of hydrogen-bond donors (Lipinski definition) is 1. The van der Waals surface area contributed by atoms with Gasteiger partial charge in [-0.1, -0.05) is 52.0 Å². The molecule has 8 nitrogen and oxygen atoms in total. The molecule has 1 aliphatic heterocycles. The maximum Gasteiger partial charge on any atom is 0.272 e. The molecule has 0 bridgehead atoms. The van der Waals surface area contributed by atoms with Gasteiger partial charge in [0.1, 0.15) is 18.0 Å². The molecule has 0 fully saturated rings. The Morgan fingerprint density at radius 2 is 1.72 bits per heavy atom. The Morgan fingerprint density at radius 3 is 2.35 bits per heavy atom. The van der Waals surface area contributed by atoms with Crippen LogP contribution >= 0.6 is 0 Å². The first-order valence-corrected chi connectivity index (χ1v) is 18.1. The lowest BCUT2D eigenvalue weighted by atomic mass is 9.99. The molecule has 0 saturated carbocycles. The van der Waals surface area contributed by atoms with Crippen molar-refractivity contribution in [1.29, 1.82) is 0 Å². The first-order valence-electron chi connectivity index (χ1n) is 15.2. The SMILES string of the molecule is CC(C)c1ccc(COc2ccc(-c3c(-c4ccncc4)nn4c3C(=O)N(CCCC(C)(C)[Si](C)(C)O)CC4)cn2)cc1. The Morgan fingerprint density at radius 1 is 1.00 bits per heavy atom. The van der Waals surface area contributed by atoms with Gasteiger partial charge in [0.05, 0.1) is 6.54 Å². The van der Waals surface area contributed by atoms with Gasteiger partial charge in [0.2, 0.25) is 5.88 Å². The molecule has 0 radical (unpaired) electrons. The zero-order valence-electron chi connectivity index (χ0n) is 26.2. The van der Waals surface area contributed by atoms with Crippen LogP contribution in [-0.4, -0.2) is 56.8 Å². The number of amides is 1. The molecule has 4 heterocycles. The predicted molar refractivity (Wildman–Crippen MR) is 172 cm³/mol. The Labute approximate surface area is 255 Å². The number of nitrogens with zero attached hydrogens (tertiary/aromatic N) is 5. The number of pyridine rings is 2. The van der Waals surface area contributed by atoms with Gasteiger partial charge in [0, 0.05) is 54.4 Å². The Bertz CT molecular complexity index is 1540. The van der Waals surface area contributed by atoms with Crippen LogP contribution in [0, 0.1) is 0 Å². The Hall–Kier alpha value is -3.82. The molecule has 0 saturated heterocycles. The van der Waals surface area contributed by atoms with E-state index in [0.29, 0.717) is 43.7 Å². The molecule has 0 unspecified atom stereocenters. The number of hydrogen-bond acceptors (Lipinski definition) is 6. The van der Waals surface area contributed by atoms with Crippen LogP contribution in [-0.2, 0) is 13.2 Å². The Balaban J connectivity index is 1.38. The highest BCUT2D eigenvalue weighted by molar-refractivity contribution is 6.72. The van der Waals surface area contributed by atoms with Crippen LogP contribution in [0.15, 0.2) is 67.1 Å². The number of aromatic nitrogens is 4. The highest BCUT2D eigenvalue weighted by Crippen LogP contribution is 2.40. The maximum absolute atomic E-state index is 14.0. The van der Waals surface area contributed by atoms with E-state index in [2.05, 4.69) is 61.9 Å². The van der Waals surface area contributed by atoms with E-state index in [4.69, 9.17) is 9.84 Å². The maximum atomic E-state index is 14.0. The second-order valence-electron chi connectivity index (χ2n) is 12.9. The third kappa shape index (κ3) is 6.73. The minimum absolute atomic E-state index is 0.0301. The molecule has 0 aliphatic carbocycles. The summed E-state index contributed by atoms with van der Waals surface area (Å²) in [4.78, 5) is 35.4. The summed E-state index contributed by atoms with van der Waals surface area (Å²) in [5.74, 6) is 0.980. The predicted octanol–water partition coefficient (Wildman–Crippen LogP) is 6.92. The molecule has 3 aromatic heterocycles. The smallest absolute Gasteiger partial charge is 0.272 e. The number of carbonyl (C=O) groups is 1. The molecule has 1 aliphatic rings. The molecule has 9 heteroatoms. The number of rotatable bonds is 11. The Kier molecular flexibility index (Phi) is 8.85.